The van der Waals surface area contributed by atoms with Gasteiger partial charge < -0.3 is 20.9 Å². The maximum atomic E-state index is 14.5. The minimum atomic E-state index is -0.604. The van der Waals surface area contributed by atoms with E-state index in [1.807, 2.05) is 4.90 Å². The zero-order chi connectivity index (χ0) is 22.0. The monoisotopic (exact) mass is 432 g/mol. The van der Waals surface area contributed by atoms with Crippen LogP contribution in [0.15, 0.2) is 12.1 Å². The maximum Gasteiger partial charge on any atom is 0.269 e. The number of anilines is 1. The molecule has 4 atom stereocenters. The van der Waals surface area contributed by atoms with Gasteiger partial charge in [0.1, 0.15) is 5.69 Å². The van der Waals surface area contributed by atoms with Gasteiger partial charge in [0, 0.05) is 64.3 Å². The van der Waals surface area contributed by atoms with Gasteiger partial charge in [-0.2, -0.15) is 4.39 Å². The molecule has 4 unspecified atom stereocenters. The molecule has 8 nitrogen and oxygen atoms in total. The summed E-state index contributed by atoms with van der Waals surface area (Å²) in [5.41, 5.74) is 0.533. The molecular formula is C22H33FN6O2. The topological polar surface area (TPSA) is 89.6 Å². The predicted molar refractivity (Wildman–Crippen MR) is 116 cm³/mol. The first-order valence-electron chi connectivity index (χ1n) is 11.4. The Kier molecular flexibility index (Phi) is 6.71. The zero-order valence-corrected chi connectivity index (χ0v) is 18.4. The molecule has 0 spiro atoms. The third-order valence-corrected chi connectivity index (χ3v) is 7.04. The third kappa shape index (κ3) is 4.82. The van der Waals surface area contributed by atoms with Crippen LogP contribution in [0.25, 0.3) is 0 Å². The minimum Gasteiger partial charge on any atom is -0.365 e. The number of rotatable bonds is 5. The van der Waals surface area contributed by atoms with Crippen molar-refractivity contribution in [3.63, 3.8) is 0 Å². The van der Waals surface area contributed by atoms with E-state index in [0.29, 0.717) is 30.7 Å². The van der Waals surface area contributed by atoms with Crippen LogP contribution in [0.1, 0.15) is 36.7 Å². The Morgan fingerprint density at radius 1 is 1.26 bits per heavy atom. The molecule has 0 aromatic carbocycles. The molecule has 3 fully saturated rings. The largest absolute Gasteiger partial charge is 0.365 e. The summed E-state index contributed by atoms with van der Waals surface area (Å²) in [6, 6.07) is 3.84. The summed E-state index contributed by atoms with van der Waals surface area (Å²) in [4.78, 5) is 32.1. The van der Waals surface area contributed by atoms with Gasteiger partial charge in [-0.1, -0.05) is 6.92 Å². The summed E-state index contributed by atoms with van der Waals surface area (Å²) in [5.74, 6) is -0.0853. The summed E-state index contributed by atoms with van der Waals surface area (Å²) >= 11 is 0. The van der Waals surface area contributed by atoms with E-state index in [9.17, 15) is 14.0 Å². The average molecular weight is 433 g/mol. The highest BCUT2D eigenvalue weighted by molar-refractivity contribution is 5.92. The van der Waals surface area contributed by atoms with Crippen molar-refractivity contribution in [2.75, 3.05) is 51.2 Å². The number of amides is 2. The van der Waals surface area contributed by atoms with Gasteiger partial charge in [0.25, 0.3) is 5.91 Å². The predicted octanol–water partition coefficient (Wildman–Crippen LogP) is 0.595. The average Bonchev–Trinajstić information content (AvgIpc) is 2.78. The van der Waals surface area contributed by atoms with Crippen LogP contribution < -0.4 is 20.9 Å². The molecule has 2 amide bonds. The lowest BCUT2D eigenvalue weighted by molar-refractivity contribution is -0.130. The Bertz CT molecular complexity index is 813. The number of piperidine rings is 2. The van der Waals surface area contributed by atoms with Crippen molar-refractivity contribution in [2.45, 2.75) is 38.3 Å². The summed E-state index contributed by atoms with van der Waals surface area (Å²) in [5, 5.41) is 9.40. The second-order valence-electron chi connectivity index (χ2n) is 8.93. The van der Waals surface area contributed by atoms with Gasteiger partial charge in [-0.05, 0) is 37.3 Å². The molecular weight excluding hydrogens is 399 g/mol. The molecule has 170 valence electrons. The Morgan fingerprint density at radius 2 is 2.03 bits per heavy atom. The molecule has 1 aromatic heterocycles. The van der Waals surface area contributed by atoms with Crippen molar-refractivity contribution >= 4 is 17.5 Å². The maximum absolute atomic E-state index is 14.5. The van der Waals surface area contributed by atoms with Gasteiger partial charge in [-0.25, -0.2) is 4.98 Å². The smallest absolute Gasteiger partial charge is 0.269 e. The number of hydrogen-bond acceptors (Lipinski definition) is 6. The van der Waals surface area contributed by atoms with Gasteiger partial charge in [0.05, 0.1) is 5.69 Å². The van der Waals surface area contributed by atoms with Crippen LogP contribution in [0.3, 0.4) is 0 Å². The molecule has 1 aromatic rings. The molecule has 4 rings (SSSR count). The summed E-state index contributed by atoms with van der Waals surface area (Å²) in [6.07, 6.45) is 2.86. The third-order valence-electron chi connectivity index (χ3n) is 7.04. The summed E-state index contributed by atoms with van der Waals surface area (Å²) < 4.78 is 14.5. The lowest BCUT2D eigenvalue weighted by Crippen LogP contribution is -2.61. The number of nitrogens with one attached hydrogen (secondary N) is 3. The first kappa shape index (κ1) is 22.0. The molecule has 0 radical (unpaired) electrons. The molecule has 31 heavy (non-hydrogen) atoms. The second kappa shape index (κ2) is 9.48. The summed E-state index contributed by atoms with van der Waals surface area (Å²) in [6.45, 7) is 7.08. The Labute approximate surface area is 182 Å². The number of hydrogen-bond donors (Lipinski definition) is 3. The van der Waals surface area contributed by atoms with Crippen molar-refractivity contribution in [3.05, 3.63) is 23.8 Å². The van der Waals surface area contributed by atoms with Crippen LogP contribution in [-0.4, -0.2) is 80.1 Å². The summed E-state index contributed by atoms with van der Waals surface area (Å²) in [7, 11) is 1.50. The van der Waals surface area contributed by atoms with E-state index in [4.69, 9.17) is 0 Å². The number of carbonyl (C=O) groups excluding carboxylic acids is 2. The quantitative estimate of drug-likeness (QED) is 0.591. The van der Waals surface area contributed by atoms with E-state index in [1.165, 1.54) is 7.05 Å². The number of nitrogens with zero attached hydrogens (tertiary/aromatic N) is 3. The van der Waals surface area contributed by atoms with Gasteiger partial charge in [0.15, 0.2) is 0 Å². The van der Waals surface area contributed by atoms with Crippen molar-refractivity contribution in [2.24, 2.45) is 11.8 Å². The fourth-order valence-corrected chi connectivity index (χ4v) is 5.13. The number of halogens is 1. The number of aromatic nitrogens is 1. The molecule has 0 saturated carbocycles. The Balaban J connectivity index is 1.27. The molecule has 4 heterocycles. The number of fused-ring (bicyclic) bond motifs is 1. The van der Waals surface area contributed by atoms with E-state index in [0.717, 1.165) is 45.4 Å². The Morgan fingerprint density at radius 3 is 2.71 bits per heavy atom. The molecule has 3 aliphatic heterocycles. The van der Waals surface area contributed by atoms with E-state index in [1.54, 1.807) is 12.1 Å². The van der Waals surface area contributed by atoms with Crippen molar-refractivity contribution in [1.82, 2.24) is 25.8 Å². The highest BCUT2D eigenvalue weighted by Crippen LogP contribution is 2.29. The standard InChI is InChI=1S/C22H33FN6O2/c1-3-14-10-15-12-25-16(11-18(15)27-21(14)30)13-28-6-8-29(9-7-28)19-5-4-17(22(31)24-2)26-20(19)23/h4-5,14-16,18,25H,3,6-13H2,1-2H3,(H,24,31)(H,27,30). The highest BCUT2D eigenvalue weighted by Gasteiger charge is 2.39. The number of piperazine rings is 1. The van der Waals surface area contributed by atoms with Gasteiger partial charge in [-0.15, -0.1) is 0 Å². The molecule has 0 aliphatic carbocycles. The zero-order valence-electron chi connectivity index (χ0n) is 18.4. The first-order chi connectivity index (χ1) is 15.0. The van der Waals surface area contributed by atoms with E-state index < -0.39 is 11.9 Å². The van der Waals surface area contributed by atoms with E-state index in [2.05, 4.69) is 32.8 Å². The van der Waals surface area contributed by atoms with Gasteiger partial charge >= 0.3 is 0 Å². The van der Waals surface area contributed by atoms with Crippen LogP contribution in [0.5, 0.6) is 0 Å². The second-order valence-corrected chi connectivity index (χ2v) is 8.93. The van der Waals surface area contributed by atoms with Crippen molar-refractivity contribution in [3.8, 4) is 0 Å². The molecule has 3 aliphatic rings. The van der Waals surface area contributed by atoms with Crippen molar-refractivity contribution < 1.29 is 14.0 Å². The molecule has 0 bridgehead atoms. The molecule has 3 N–H and O–H groups in total. The fourth-order valence-electron chi connectivity index (χ4n) is 5.13. The van der Waals surface area contributed by atoms with Crippen LogP contribution in [0, 0.1) is 17.8 Å². The lowest BCUT2D eigenvalue weighted by atomic mass is 9.78. The normalized spacial score (nSPS) is 29.3. The fraction of sp³-hybridized carbons (Fsp3) is 0.682. The van der Waals surface area contributed by atoms with Crippen LogP contribution >= 0.6 is 0 Å². The SMILES string of the molecule is CCC1CC2CNC(CN3CCN(c4ccc(C(=O)NC)nc4F)CC3)CC2NC1=O. The Hall–Kier alpha value is -2.26. The van der Waals surface area contributed by atoms with Crippen molar-refractivity contribution in [1.29, 1.82) is 0 Å². The van der Waals surface area contributed by atoms with Gasteiger partial charge in [0.2, 0.25) is 11.9 Å². The number of carbonyl (C=O) groups is 2. The molecule has 3 saturated heterocycles. The van der Waals surface area contributed by atoms with Crippen LogP contribution in [0.4, 0.5) is 10.1 Å². The number of pyridine rings is 1. The lowest BCUT2D eigenvalue weighted by Gasteiger charge is -2.44. The first-order valence-corrected chi connectivity index (χ1v) is 11.4. The van der Waals surface area contributed by atoms with Gasteiger partial charge in [-0.3, -0.25) is 14.5 Å². The van der Waals surface area contributed by atoms with Crippen LogP contribution in [0.2, 0.25) is 0 Å². The van der Waals surface area contributed by atoms with Crippen LogP contribution in [-0.2, 0) is 4.79 Å². The van der Waals surface area contributed by atoms with E-state index >= 15 is 0 Å². The minimum absolute atomic E-state index is 0.0872. The highest BCUT2D eigenvalue weighted by atomic mass is 19.1. The molecule has 9 heteroatoms. The van der Waals surface area contributed by atoms with E-state index in [-0.39, 0.29) is 23.6 Å².